The molecule has 0 amide bonds. The smallest absolute Gasteiger partial charge is 0.243 e. The Hall–Kier alpha value is -1.64. The van der Waals surface area contributed by atoms with Gasteiger partial charge in [0.1, 0.15) is 10.0 Å². The molecule has 0 N–H and O–H groups in total. The third kappa shape index (κ3) is 4.21. The van der Waals surface area contributed by atoms with Crippen LogP contribution in [-0.4, -0.2) is 24.8 Å². The SMILES string of the molecule is CN(Cc1ccc(C(F)(F)F)cc1)S(=O)(=O)c1ccc(Cl)nc1. The minimum absolute atomic E-state index is 0.0451. The van der Waals surface area contributed by atoms with E-state index in [1.807, 2.05) is 0 Å². The van der Waals surface area contributed by atoms with Gasteiger partial charge in [-0.15, -0.1) is 0 Å². The number of nitrogens with zero attached hydrogens (tertiary/aromatic N) is 2. The number of sulfonamides is 1. The maximum atomic E-state index is 12.5. The van der Waals surface area contributed by atoms with Crippen molar-refractivity contribution in [3.05, 3.63) is 58.9 Å². The van der Waals surface area contributed by atoms with Gasteiger partial charge in [-0.05, 0) is 29.8 Å². The van der Waals surface area contributed by atoms with Gasteiger partial charge in [-0.25, -0.2) is 13.4 Å². The van der Waals surface area contributed by atoms with Gasteiger partial charge < -0.3 is 0 Å². The quantitative estimate of drug-likeness (QED) is 0.779. The van der Waals surface area contributed by atoms with Crippen LogP contribution in [0.2, 0.25) is 5.15 Å². The molecule has 0 aliphatic heterocycles. The molecular formula is C14H12ClF3N2O2S. The minimum atomic E-state index is -4.43. The van der Waals surface area contributed by atoms with Crippen molar-refractivity contribution in [3.63, 3.8) is 0 Å². The first-order chi connectivity index (χ1) is 10.6. The molecule has 0 bridgehead atoms. The second kappa shape index (κ2) is 6.46. The van der Waals surface area contributed by atoms with E-state index in [-0.39, 0.29) is 16.6 Å². The molecule has 23 heavy (non-hydrogen) atoms. The van der Waals surface area contributed by atoms with Crippen LogP contribution in [0.1, 0.15) is 11.1 Å². The predicted octanol–water partition coefficient (Wildman–Crippen LogP) is 3.57. The van der Waals surface area contributed by atoms with Gasteiger partial charge in [0.25, 0.3) is 0 Å². The van der Waals surface area contributed by atoms with Gasteiger partial charge in [0, 0.05) is 19.8 Å². The summed E-state index contributed by atoms with van der Waals surface area (Å²) in [6.45, 7) is -0.0664. The summed E-state index contributed by atoms with van der Waals surface area (Å²) < 4.78 is 63.2. The second-order valence-corrected chi connectivity index (χ2v) is 7.20. The Morgan fingerprint density at radius 2 is 1.74 bits per heavy atom. The summed E-state index contributed by atoms with van der Waals surface area (Å²) in [6, 6.07) is 6.98. The molecule has 4 nitrogen and oxygen atoms in total. The molecule has 2 rings (SSSR count). The lowest BCUT2D eigenvalue weighted by atomic mass is 10.1. The van der Waals surface area contributed by atoms with Crippen molar-refractivity contribution >= 4 is 21.6 Å². The van der Waals surface area contributed by atoms with Crippen molar-refractivity contribution in [2.45, 2.75) is 17.6 Å². The molecule has 0 spiro atoms. The standard InChI is InChI=1S/C14H12ClF3N2O2S/c1-20(23(21,22)12-6-7-13(15)19-8-12)9-10-2-4-11(5-3-10)14(16,17)18/h2-8H,9H2,1H3. The minimum Gasteiger partial charge on any atom is -0.243 e. The van der Waals surface area contributed by atoms with Gasteiger partial charge in [0.05, 0.1) is 5.56 Å². The first-order valence-corrected chi connectivity index (χ1v) is 8.16. The molecule has 0 aliphatic carbocycles. The first-order valence-electron chi connectivity index (χ1n) is 6.35. The van der Waals surface area contributed by atoms with Crippen molar-refractivity contribution in [2.24, 2.45) is 0 Å². The van der Waals surface area contributed by atoms with E-state index in [9.17, 15) is 21.6 Å². The Morgan fingerprint density at radius 3 is 2.22 bits per heavy atom. The van der Waals surface area contributed by atoms with Gasteiger partial charge in [-0.1, -0.05) is 23.7 Å². The van der Waals surface area contributed by atoms with Crippen molar-refractivity contribution in [1.29, 1.82) is 0 Å². The van der Waals surface area contributed by atoms with E-state index in [4.69, 9.17) is 11.6 Å². The number of hydrogen-bond donors (Lipinski definition) is 0. The highest BCUT2D eigenvalue weighted by Crippen LogP contribution is 2.29. The molecule has 0 unspecified atom stereocenters. The summed E-state index contributed by atoms with van der Waals surface area (Å²) in [5, 5.41) is 0.161. The number of aromatic nitrogens is 1. The molecule has 0 radical (unpaired) electrons. The molecule has 0 saturated carbocycles. The molecule has 124 valence electrons. The van der Waals surface area contributed by atoms with Crippen LogP contribution in [0, 0.1) is 0 Å². The van der Waals surface area contributed by atoms with Crippen LogP contribution >= 0.6 is 11.6 Å². The number of pyridine rings is 1. The fraction of sp³-hybridized carbons (Fsp3) is 0.214. The van der Waals surface area contributed by atoms with Gasteiger partial charge in [0.15, 0.2) is 0 Å². The lowest BCUT2D eigenvalue weighted by molar-refractivity contribution is -0.137. The molecule has 1 heterocycles. The molecule has 1 aromatic carbocycles. The molecule has 0 aliphatic rings. The zero-order valence-electron chi connectivity index (χ0n) is 11.9. The van der Waals surface area contributed by atoms with Gasteiger partial charge in [-0.2, -0.15) is 17.5 Å². The topological polar surface area (TPSA) is 50.3 Å². The molecule has 0 fully saturated rings. The molecular weight excluding hydrogens is 353 g/mol. The van der Waals surface area contributed by atoms with Crippen molar-refractivity contribution in [2.75, 3.05) is 7.05 Å². The third-order valence-corrected chi connectivity index (χ3v) is 5.11. The van der Waals surface area contributed by atoms with Gasteiger partial charge in [0.2, 0.25) is 10.0 Å². The van der Waals surface area contributed by atoms with Crippen molar-refractivity contribution < 1.29 is 21.6 Å². The van der Waals surface area contributed by atoms with Crippen LogP contribution in [0.5, 0.6) is 0 Å². The van der Waals surface area contributed by atoms with Crippen molar-refractivity contribution in [1.82, 2.24) is 9.29 Å². The van der Waals surface area contributed by atoms with E-state index < -0.39 is 21.8 Å². The Kier molecular flexibility index (Phi) is 4.98. The van der Waals surface area contributed by atoms with Crippen molar-refractivity contribution in [3.8, 4) is 0 Å². The van der Waals surface area contributed by atoms with E-state index in [0.717, 1.165) is 22.6 Å². The van der Waals surface area contributed by atoms with E-state index in [1.54, 1.807) is 0 Å². The Morgan fingerprint density at radius 1 is 1.13 bits per heavy atom. The zero-order chi connectivity index (χ0) is 17.3. The number of alkyl halides is 3. The molecule has 2 aromatic rings. The zero-order valence-corrected chi connectivity index (χ0v) is 13.5. The van der Waals surface area contributed by atoms with Gasteiger partial charge >= 0.3 is 6.18 Å². The number of halogens is 4. The van der Waals surface area contributed by atoms with E-state index in [2.05, 4.69) is 4.98 Å². The number of rotatable bonds is 4. The van der Waals surface area contributed by atoms with Gasteiger partial charge in [-0.3, -0.25) is 0 Å². The molecule has 0 saturated heterocycles. The van der Waals surface area contributed by atoms with Crippen LogP contribution in [-0.2, 0) is 22.7 Å². The maximum Gasteiger partial charge on any atom is 0.416 e. The summed E-state index contributed by atoms with van der Waals surface area (Å²) in [4.78, 5) is 3.66. The first kappa shape index (κ1) is 17.7. The third-order valence-electron chi connectivity index (χ3n) is 3.09. The summed E-state index contributed by atoms with van der Waals surface area (Å²) in [5.74, 6) is 0. The van der Waals surface area contributed by atoms with Crippen LogP contribution < -0.4 is 0 Å². The fourth-order valence-corrected chi connectivity index (χ4v) is 3.05. The Bertz CT molecular complexity index is 775. The molecule has 1 aromatic heterocycles. The van der Waals surface area contributed by atoms with Crippen LogP contribution in [0.4, 0.5) is 13.2 Å². The Balaban J connectivity index is 2.18. The average Bonchev–Trinajstić information content (AvgIpc) is 2.47. The van der Waals surface area contributed by atoms with E-state index in [1.165, 1.54) is 31.3 Å². The molecule has 0 atom stereocenters. The fourth-order valence-electron chi connectivity index (χ4n) is 1.84. The summed E-state index contributed by atoms with van der Waals surface area (Å²) in [7, 11) is -2.47. The van der Waals surface area contributed by atoms with Crippen LogP contribution in [0.3, 0.4) is 0 Å². The summed E-state index contributed by atoms with van der Waals surface area (Å²) in [6.07, 6.45) is -3.30. The van der Waals surface area contributed by atoms with E-state index in [0.29, 0.717) is 5.56 Å². The lowest BCUT2D eigenvalue weighted by Crippen LogP contribution is -2.26. The summed E-state index contributed by atoms with van der Waals surface area (Å²) >= 11 is 5.61. The summed E-state index contributed by atoms with van der Waals surface area (Å²) in [5.41, 5.74) is -0.348. The lowest BCUT2D eigenvalue weighted by Gasteiger charge is -2.17. The highest BCUT2D eigenvalue weighted by molar-refractivity contribution is 7.89. The second-order valence-electron chi connectivity index (χ2n) is 4.77. The number of hydrogen-bond acceptors (Lipinski definition) is 3. The normalized spacial score (nSPS) is 12.6. The van der Waals surface area contributed by atoms with Crippen LogP contribution in [0.15, 0.2) is 47.5 Å². The highest BCUT2D eigenvalue weighted by atomic mass is 35.5. The molecule has 9 heteroatoms. The predicted molar refractivity (Wildman–Crippen MR) is 79.3 cm³/mol. The van der Waals surface area contributed by atoms with E-state index >= 15 is 0 Å². The highest BCUT2D eigenvalue weighted by Gasteiger charge is 2.30. The Labute approximate surface area is 136 Å². The van der Waals surface area contributed by atoms with Crippen LogP contribution in [0.25, 0.3) is 0 Å². The maximum absolute atomic E-state index is 12.5. The average molecular weight is 365 g/mol. The number of benzene rings is 1. The monoisotopic (exact) mass is 364 g/mol. The largest absolute Gasteiger partial charge is 0.416 e.